The van der Waals surface area contributed by atoms with Crippen LogP contribution in [0.2, 0.25) is 0 Å². The molecule has 0 saturated carbocycles. The first kappa shape index (κ1) is 29.5. The van der Waals surface area contributed by atoms with Crippen LogP contribution >= 0.6 is 7.82 Å². The lowest BCUT2D eigenvalue weighted by Crippen LogP contribution is -2.31. The van der Waals surface area contributed by atoms with E-state index >= 15 is 0 Å². The molecule has 5 heteroatoms. The van der Waals surface area contributed by atoms with E-state index in [0.717, 1.165) is 16.7 Å². The van der Waals surface area contributed by atoms with Gasteiger partial charge < -0.3 is 9.05 Å². The largest absolute Gasteiger partial charge is 0.584 e. The van der Waals surface area contributed by atoms with Crippen molar-refractivity contribution >= 4 is 7.82 Å². The first-order valence-corrected chi connectivity index (χ1v) is 14.0. The third kappa shape index (κ3) is 7.14. The third-order valence-corrected chi connectivity index (χ3v) is 7.26. The second kappa shape index (κ2) is 9.60. The molecule has 0 radical (unpaired) electrons. The van der Waals surface area contributed by atoms with Gasteiger partial charge in [0.15, 0.2) is 0 Å². The van der Waals surface area contributed by atoms with Gasteiger partial charge in [-0.05, 0) is 57.4 Å². The van der Waals surface area contributed by atoms with Gasteiger partial charge in [0, 0.05) is 11.5 Å². The minimum absolute atomic E-state index is 0.0508. The minimum atomic E-state index is -4.46. The molecule has 2 rings (SSSR count). The number of rotatable bonds is 4. The maximum absolute atomic E-state index is 13.4. The smallest absolute Gasteiger partial charge is 0.399 e. The molecule has 1 aliphatic carbocycles. The molecule has 1 aromatic carbocycles. The van der Waals surface area contributed by atoms with E-state index < -0.39 is 7.82 Å². The summed E-state index contributed by atoms with van der Waals surface area (Å²) in [5.41, 5.74) is 3.70. The van der Waals surface area contributed by atoms with E-state index in [9.17, 15) is 9.46 Å². The SMILES string of the molecule is CC=C1C(C(C)(C)C)=CC=C(OP(=O)(O)Oc2ccc(C(C)(C)C)cc2C(C)(C)C)C1C(C)(C)C. The maximum Gasteiger partial charge on any atom is 0.584 e. The lowest BCUT2D eigenvalue weighted by Gasteiger charge is -2.40. The van der Waals surface area contributed by atoms with Crippen molar-refractivity contribution in [3.05, 3.63) is 64.5 Å². The highest BCUT2D eigenvalue weighted by molar-refractivity contribution is 7.48. The molecule has 0 spiro atoms. The molecule has 0 bridgehead atoms. The number of phosphoric acid groups is 1. The molecule has 2 atom stereocenters. The Balaban J connectivity index is 2.52. The molecule has 1 N–H and O–H groups in total. The van der Waals surface area contributed by atoms with Gasteiger partial charge >= 0.3 is 7.82 Å². The van der Waals surface area contributed by atoms with E-state index in [1.54, 1.807) is 6.07 Å². The van der Waals surface area contributed by atoms with Gasteiger partial charge in [-0.25, -0.2) is 4.57 Å². The average Bonchev–Trinajstić information content (AvgIpc) is 2.63. The van der Waals surface area contributed by atoms with E-state index in [4.69, 9.17) is 9.05 Å². The fourth-order valence-electron chi connectivity index (χ4n) is 4.59. The fourth-order valence-corrected chi connectivity index (χ4v) is 5.46. The second-order valence-corrected chi connectivity index (χ2v) is 15.1. The predicted octanol–water partition coefficient (Wildman–Crippen LogP) is 9.26. The molecule has 0 fully saturated rings. The molecule has 196 valence electrons. The summed E-state index contributed by atoms with van der Waals surface area (Å²) in [4.78, 5) is 10.9. The van der Waals surface area contributed by atoms with Crippen molar-refractivity contribution in [2.45, 2.75) is 101 Å². The topological polar surface area (TPSA) is 55.8 Å². The van der Waals surface area contributed by atoms with Crippen LogP contribution < -0.4 is 4.52 Å². The normalized spacial score (nSPS) is 20.7. The summed E-state index contributed by atoms with van der Waals surface area (Å²) < 4.78 is 25.0. The summed E-state index contributed by atoms with van der Waals surface area (Å²) in [7, 11) is -4.46. The van der Waals surface area contributed by atoms with E-state index in [1.807, 2.05) is 25.1 Å². The first-order chi connectivity index (χ1) is 15.6. The molecule has 1 aromatic rings. The van der Waals surface area contributed by atoms with E-state index in [0.29, 0.717) is 11.5 Å². The zero-order valence-corrected chi connectivity index (χ0v) is 25.1. The number of phosphoric ester groups is 1. The lowest BCUT2D eigenvalue weighted by atomic mass is 9.66. The van der Waals surface area contributed by atoms with Crippen molar-refractivity contribution < 1.29 is 18.5 Å². The van der Waals surface area contributed by atoms with Crippen LogP contribution in [0.5, 0.6) is 5.75 Å². The summed E-state index contributed by atoms with van der Waals surface area (Å²) in [6.07, 6.45) is 5.93. The molecule has 0 amide bonds. The number of hydrogen-bond donors (Lipinski definition) is 1. The Hall–Kier alpha value is -1.77. The molecule has 2 unspecified atom stereocenters. The van der Waals surface area contributed by atoms with Gasteiger partial charge in [0.25, 0.3) is 0 Å². The average molecular weight is 503 g/mol. The highest BCUT2D eigenvalue weighted by Gasteiger charge is 2.41. The Morgan fingerprint density at radius 2 is 1.40 bits per heavy atom. The summed E-state index contributed by atoms with van der Waals surface area (Å²) >= 11 is 0. The minimum Gasteiger partial charge on any atom is -0.399 e. The number of hydrogen-bond acceptors (Lipinski definition) is 3. The van der Waals surface area contributed by atoms with Crippen LogP contribution in [-0.4, -0.2) is 4.89 Å². The molecule has 35 heavy (non-hydrogen) atoms. The zero-order valence-electron chi connectivity index (χ0n) is 24.2. The van der Waals surface area contributed by atoms with Crippen LogP contribution in [-0.2, 0) is 19.9 Å². The van der Waals surface area contributed by atoms with Gasteiger partial charge in [-0.2, -0.15) is 0 Å². The van der Waals surface area contributed by atoms with Gasteiger partial charge in [0.1, 0.15) is 11.5 Å². The van der Waals surface area contributed by atoms with Crippen molar-refractivity contribution in [1.82, 2.24) is 0 Å². The van der Waals surface area contributed by atoms with Gasteiger partial charge in [-0.1, -0.05) is 107 Å². The molecule has 0 aromatic heterocycles. The summed E-state index contributed by atoms with van der Waals surface area (Å²) in [5.74, 6) is 0.645. The Kier molecular flexibility index (Phi) is 8.08. The van der Waals surface area contributed by atoms with Crippen LogP contribution in [0, 0.1) is 16.7 Å². The van der Waals surface area contributed by atoms with Crippen LogP contribution in [0.15, 0.2) is 53.3 Å². The molecular formula is C30H47O4P. The van der Waals surface area contributed by atoms with Crippen LogP contribution in [0.25, 0.3) is 0 Å². The van der Waals surface area contributed by atoms with Gasteiger partial charge in [0.2, 0.25) is 0 Å². The highest BCUT2D eigenvalue weighted by Crippen LogP contribution is 2.55. The molecule has 0 aliphatic heterocycles. The standard InChI is InChI=1S/C30H47O4P/c1-14-21-22(28(5,6)7)16-18-25(26(21)30(11,12)13)34-35(31,32)33-24-17-15-20(27(2,3)4)19-23(24)29(8,9)10/h14-19,26H,1-13H3,(H,31,32). The number of allylic oxidation sites excluding steroid dienone is 5. The van der Waals surface area contributed by atoms with Crippen molar-refractivity contribution in [3.63, 3.8) is 0 Å². The molecular weight excluding hydrogens is 455 g/mol. The zero-order chi connectivity index (χ0) is 27.2. The molecule has 0 heterocycles. The summed E-state index contributed by atoms with van der Waals surface area (Å²) in [5, 5.41) is 0. The Morgan fingerprint density at radius 3 is 1.83 bits per heavy atom. The first-order valence-electron chi connectivity index (χ1n) is 12.5. The van der Waals surface area contributed by atoms with E-state index in [2.05, 4.69) is 95.2 Å². The summed E-state index contributed by atoms with van der Waals surface area (Å²) in [6.45, 7) is 27.6. The van der Waals surface area contributed by atoms with Crippen LogP contribution in [0.3, 0.4) is 0 Å². The van der Waals surface area contributed by atoms with Gasteiger partial charge in [-0.3, -0.25) is 4.89 Å². The molecule has 0 saturated heterocycles. The van der Waals surface area contributed by atoms with E-state index in [-0.39, 0.29) is 27.6 Å². The second-order valence-electron chi connectivity index (χ2n) is 13.8. The quantitative estimate of drug-likeness (QED) is 0.417. The predicted molar refractivity (Wildman–Crippen MR) is 148 cm³/mol. The van der Waals surface area contributed by atoms with Crippen molar-refractivity contribution in [2.24, 2.45) is 16.7 Å². The van der Waals surface area contributed by atoms with E-state index in [1.165, 1.54) is 5.57 Å². The van der Waals surface area contributed by atoms with Crippen LogP contribution in [0.1, 0.15) is 101 Å². The van der Waals surface area contributed by atoms with Crippen molar-refractivity contribution in [3.8, 4) is 5.75 Å². The monoisotopic (exact) mass is 502 g/mol. The van der Waals surface area contributed by atoms with Crippen LogP contribution in [0.4, 0.5) is 0 Å². The maximum atomic E-state index is 13.4. The fraction of sp³-hybridized carbons (Fsp3) is 0.600. The van der Waals surface area contributed by atoms with Gasteiger partial charge in [0.05, 0.1) is 0 Å². The Labute approximate surface area is 214 Å². The highest BCUT2D eigenvalue weighted by atomic mass is 31.2. The number of benzene rings is 1. The van der Waals surface area contributed by atoms with Gasteiger partial charge in [-0.15, -0.1) is 0 Å². The van der Waals surface area contributed by atoms with Crippen molar-refractivity contribution in [2.75, 3.05) is 0 Å². The molecule has 1 aliphatic rings. The third-order valence-electron chi connectivity index (χ3n) is 6.39. The van der Waals surface area contributed by atoms with Crippen molar-refractivity contribution in [1.29, 1.82) is 0 Å². The Morgan fingerprint density at radius 1 is 0.829 bits per heavy atom. The molecule has 4 nitrogen and oxygen atoms in total. The lowest BCUT2D eigenvalue weighted by molar-refractivity contribution is 0.191. The Bertz CT molecular complexity index is 1080. The summed E-state index contributed by atoms with van der Waals surface area (Å²) in [6, 6.07) is 5.82.